The van der Waals surface area contributed by atoms with Gasteiger partial charge >= 0.3 is 5.97 Å². The first-order chi connectivity index (χ1) is 9.08. The lowest BCUT2D eigenvalue weighted by Gasteiger charge is -2.28. The summed E-state index contributed by atoms with van der Waals surface area (Å²) in [5.41, 5.74) is 5.80. The Bertz CT molecular complexity index is 273. The van der Waals surface area contributed by atoms with Gasteiger partial charge in [-0.3, -0.25) is 9.69 Å². The number of ether oxygens (including phenoxy) is 1. The molecule has 1 rings (SSSR count). The summed E-state index contributed by atoms with van der Waals surface area (Å²) in [5.74, 6) is -0.285. The molecule has 0 saturated carbocycles. The second kappa shape index (κ2) is 8.51. The molecule has 5 heteroatoms. The fourth-order valence-electron chi connectivity index (χ4n) is 2.70. The predicted octanol–water partition coefficient (Wildman–Crippen LogP) is 0.683. The van der Waals surface area contributed by atoms with Crippen LogP contribution in [0.3, 0.4) is 0 Å². The van der Waals surface area contributed by atoms with Crippen LogP contribution in [0.2, 0.25) is 0 Å². The van der Waals surface area contributed by atoms with Crippen LogP contribution in [0.1, 0.15) is 33.1 Å². The second-order valence-electron chi connectivity index (χ2n) is 5.33. The van der Waals surface area contributed by atoms with E-state index in [2.05, 4.69) is 23.8 Å². The summed E-state index contributed by atoms with van der Waals surface area (Å²) in [6.45, 7) is 8.66. The Morgan fingerprint density at radius 2 is 2.26 bits per heavy atom. The summed E-state index contributed by atoms with van der Waals surface area (Å²) in [7, 11) is 2.10. The third kappa shape index (κ3) is 5.47. The topological polar surface area (TPSA) is 58.8 Å². The van der Waals surface area contributed by atoms with E-state index in [-0.39, 0.29) is 5.97 Å². The van der Waals surface area contributed by atoms with Crippen LogP contribution >= 0.6 is 0 Å². The Morgan fingerprint density at radius 3 is 2.89 bits per heavy atom. The molecule has 1 saturated heterocycles. The summed E-state index contributed by atoms with van der Waals surface area (Å²) in [4.78, 5) is 16.2. The molecule has 0 amide bonds. The first kappa shape index (κ1) is 16.4. The first-order valence-corrected chi connectivity index (χ1v) is 7.43. The number of hydrogen-bond donors (Lipinski definition) is 1. The van der Waals surface area contributed by atoms with Gasteiger partial charge in [0.25, 0.3) is 0 Å². The molecule has 1 heterocycles. The minimum atomic E-state index is -0.492. The summed E-state index contributed by atoms with van der Waals surface area (Å²) in [5, 5.41) is 0. The molecule has 0 aromatic heterocycles. The van der Waals surface area contributed by atoms with Crippen molar-refractivity contribution in [3.8, 4) is 0 Å². The Balaban J connectivity index is 2.23. The summed E-state index contributed by atoms with van der Waals surface area (Å²) >= 11 is 0. The highest BCUT2D eigenvalue weighted by molar-refractivity contribution is 5.75. The first-order valence-electron chi connectivity index (χ1n) is 7.43. The van der Waals surface area contributed by atoms with Gasteiger partial charge in [0.15, 0.2) is 0 Å². The number of esters is 1. The SMILES string of the molecule is CCOC(=O)C(N)CCN(C)CC1CCCN1CC. The minimum Gasteiger partial charge on any atom is -0.465 e. The van der Waals surface area contributed by atoms with E-state index in [4.69, 9.17) is 10.5 Å². The van der Waals surface area contributed by atoms with E-state index in [0.717, 1.165) is 19.6 Å². The maximum absolute atomic E-state index is 11.4. The standard InChI is InChI=1S/C14H29N3O2/c1-4-17-9-6-7-12(17)11-16(3)10-8-13(15)14(18)19-5-2/h12-13H,4-11,15H2,1-3H3. The zero-order chi connectivity index (χ0) is 14.3. The summed E-state index contributed by atoms with van der Waals surface area (Å²) in [6.07, 6.45) is 3.24. The molecule has 112 valence electrons. The number of carbonyl (C=O) groups excluding carboxylic acids is 1. The van der Waals surface area contributed by atoms with Gasteiger partial charge in [0.2, 0.25) is 0 Å². The van der Waals surface area contributed by atoms with Gasteiger partial charge in [-0.1, -0.05) is 6.92 Å². The van der Waals surface area contributed by atoms with Gasteiger partial charge in [-0.25, -0.2) is 0 Å². The molecular weight excluding hydrogens is 242 g/mol. The average molecular weight is 271 g/mol. The molecular formula is C14H29N3O2. The van der Waals surface area contributed by atoms with Crippen LogP contribution in [0.25, 0.3) is 0 Å². The minimum absolute atomic E-state index is 0.285. The number of rotatable bonds is 8. The molecule has 2 unspecified atom stereocenters. The smallest absolute Gasteiger partial charge is 0.322 e. The molecule has 2 N–H and O–H groups in total. The van der Waals surface area contributed by atoms with Crippen molar-refractivity contribution in [3.05, 3.63) is 0 Å². The normalized spacial score (nSPS) is 21.8. The molecule has 0 aromatic carbocycles. The van der Waals surface area contributed by atoms with Gasteiger partial charge in [-0.05, 0) is 52.9 Å². The second-order valence-corrected chi connectivity index (χ2v) is 5.33. The number of nitrogens with two attached hydrogens (primary N) is 1. The highest BCUT2D eigenvalue weighted by atomic mass is 16.5. The number of hydrogen-bond acceptors (Lipinski definition) is 5. The summed E-state index contributed by atoms with van der Waals surface area (Å²) in [6, 6.07) is 0.169. The predicted molar refractivity (Wildman–Crippen MR) is 77.0 cm³/mol. The van der Waals surface area contributed by atoms with Crippen molar-refractivity contribution < 1.29 is 9.53 Å². The van der Waals surface area contributed by atoms with Gasteiger partial charge in [0, 0.05) is 12.6 Å². The molecule has 0 aliphatic carbocycles. The van der Waals surface area contributed by atoms with Crippen LogP contribution in [0.15, 0.2) is 0 Å². The van der Waals surface area contributed by atoms with E-state index >= 15 is 0 Å². The average Bonchev–Trinajstić information content (AvgIpc) is 2.83. The van der Waals surface area contributed by atoms with Crippen molar-refractivity contribution >= 4 is 5.97 Å². The molecule has 1 fully saturated rings. The zero-order valence-electron chi connectivity index (χ0n) is 12.6. The molecule has 19 heavy (non-hydrogen) atoms. The lowest BCUT2D eigenvalue weighted by molar-refractivity contribution is -0.144. The Kier molecular flexibility index (Phi) is 7.34. The highest BCUT2D eigenvalue weighted by Gasteiger charge is 2.24. The maximum Gasteiger partial charge on any atom is 0.322 e. The molecule has 0 radical (unpaired) electrons. The van der Waals surface area contributed by atoms with Crippen molar-refractivity contribution in [2.75, 3.05) is 39.8 Å². The van der Waals surface area contributed by atoms with E-state index in [1.54, 1.807) is 6.92 Å². The highest BCUT2D eigenvalue weighted by Crippen LogP contribution is 2.17. The largest absolute Gasteiger partial charge is 0.465 e. The molecule has 5 nitrogen and oxygen atoms in total. The van der Waals surface area contributed by atoms with E-state index in [1.807, 2.05) is 0 Å². The molecule has 1 aliphatic rings. The van der Waals surface area contributed by atoms with Crippen molar-refractivity contribution in [2.24, 2.45) is 5.73 Å². The number of carbonyl (C=O) groups is 1. The van der Waals surface area contributed by atoms with Gasteiger partial charge < -0.3 is 15.4 Å². The van der Waals surface area contributed by atoms with E-state index < -0.39 is 6.04 Å². The van der Waals surface area contributed by atoms with Crippen LogP contribution in [-0.2, 0) is 9.53 Å². The van der Waals surface area contributed by atoms with Gasteiger partial charge in [0.1, 0.15) is 6.04 Å². The third-order valence-electron chi connectivity index (χ3n) is 3.84. The van der Waals surface area contributed by atoms with Crippen molar-refractivity contribution in [2.45, 2.75) is 45.2 Å². The van der Waals surface area contributed by atoms with Crippen LogP contribution < -0.4 is 5.73 Å². The summed E-state index contributed by atoms with van der Waals surface area (Å²) < 4.78 is 4.91. The number of likely N-dealkylation sites (tertiary alicyclic amines) is 1. The third-order valence-corrected chi connectivity index (χ3v) is 3.84. The van der Waals surface area contributed by atoms with Crippen molar-refractivity contribution in [1.82, 2.24) is 9.80 Å². The van der Waals surface area contributed by atoms with Gasteiger partial charge in [-0.2, -0.15) is 0 Å². The fraction of sp³-hybridized carbons (Fsp3) is 0.929. The lowest BCUT2D eigenvalue weighted by Crippen LogP contribution is -2.41. The Morgan fingerprint density at radius 1 is 1.53 bits per heavy atom. The molecule has 0 spiro atoms. The van der Waals surface area contributed by atoms with Crippen molar-refractivity contribution in [3.63, 3.8) is 0 Å². The monoisotopic (exact) mass is 271 g/mol. The lowest BCUT2D eigenvalue weighted by atomic mass is 10.2. The van der Waals surface area contributed by atoms with Crippen LogP contribution in [-0.4, -0.2) is 67.7 Å². The quantitative estimate of drug-likeness (QED) is 0.658. The van der Waals surface area contributed by atoms with Crippen LogP contribution in [0.4, 0.5) is 0 Å². The molecule has 1 aliphatic heterocycles. The molecule has 2 atom stereocenters. The van der Waals surface area contributed by atoms with Crippen LogP contribution in [0.5, 0.6) is 0 Å². The van der Waals surface area contributed by atoms with Gasteiger partial charge in [-0.15, -0.1) is 0 Å². The number of likely N-dealkylation sites (N-methyl/N-ethyl adjacent to an activating group) is 2. The zero-order valence-corrected chi connectivity index (χ0v) is 12.6. The number of nitrogens with zero attached hydrogens (tertiary/aromatic N) is 2. The fourth-order valence-corrected chi connectivity index (χ4v) is 2.70. The van der Waals surface area contributed by atoms with Gasteiger partial charge in [0.05, 0.1) is 6.61 Å². The Hall–Kier alpha value is -0.650. The van der Waals surface area contributed by atoms with Crippen LogP contribution in [0, 0.1) is 0 Å². The molecule has 0 aromatic rings. The van der Waals surface area contributed by atoms with E-state index in [9.17, 15) is 4.79 Å². The maximum atomic E-state index is 11.4. The Labute approximate surface area is 117 Å². The van der Waals surface area contributed by atoms with E-state index in [1.165, 1.54) is 19.4 Å². The molecule has 0 bridgehead atoms. The van der Waals surface area contributed by atoms with E-state index in [0.29, 0.717) is 19.1 Å². The van der Waals surface area contributed by atoms with Crippen molar-refractivity contribution in [1.29, 1.82) is 0 Å².